The van der Waals surface area contributed by atoms with Crippen molar-refractivity contribution in [3.05, 3.63) is 174 Å². The molecule has 17 heteroatoms. The van der Waals surface area contributed by atoms with E-state index in [0.717, 1.165) is 94.8 Å². The number of hydrogen-bond donors (Lipinski definition) is 6. The monoisotopic (exact) mass is 1070 g/mol. The lowest BCUT2D eigenvalue weighted by atomic mass is 9.89. The van der Waals surface area contributed by atoms with E-state index in [-0.39, 0.29) is 47.2 Å². The first-order valence-electron chi connectivity index (χ1n) is 26.8. The minimum absolute atomic E-state index is 0.0302. The fraction of sp³-hybridized carbons (Fsp3) is 0.323. The van der Waals surface area contributed by atoms with Gasteiger partial charge in [-0.3, -0.25) is 14.4 Å². The summed E-state index contributed by atoms with van der Waals surface area (Å²) in [5.41, 5.74) is 6.43. The molecule has 414 valence electrons. The maximum atomic E-state index is 13.2. The molecule has 6 N–H and O–H groups in total. The van der Waals surface area contributed by atoms with Gasteiger partial charge in [-0.25, -0.2) is 18.8 Å². The van der Waals surface area contributed by atoms with E-state index in [2.05, 4.69) is 67.7 Å². The predicted molar refractivity (Wildman–Crippen MR) is 311 cm³/mol. The minimum Gasteiger partial charge on any atom is -0.497 e. The Hall–Kier alpha value is -8.25. The van der Waals surface area contributed by atoms with E-state index >= 15 is 0 Å². The molecule has 3 heterocycles. The average molecular weight is 1070 g/mol. The minimum atomic E-state index is -0.487. The van der Waals surface area contributed by atoms with Gasteiger partial charge in [0.05, 0.1) is 7.11 Å². The number of urea groups is 3. The zero-order valence-electron chi connectivity index (χ0n) is 45.7. The quantitative estimate of drug-likeness (QED) is 0.0606. The van der Waals surface area contributed by atoms with Crippen LogP contribution in [-0.2, 0) is 0 Å². The normalized spacial score (nSPS) is 15.4. The third-order valence-corrected chi connectivity index (χ3v) is 14.3. The molecular formula is C62H72FN9O7. The third kappa shape index (κ3) is 18.2. The number of methoxy groups -OCH3 is 1. The Kier molecular flexibility index (Phi) is 21.4. The van der Waals surface area contributed by atoms with E-state index in [1.54, 1.807) is 92.0 Å². The first kappa shape index (κ1) is 58.4. The summed E-state index contributed by atoms with van der Waals surface area (Å²) in [5, 5.41) is 16.4. The number of ketones is 3. The molecule has 3 aliphatic rings. The molecule has 0 aliphatic carbocycles. The SMILES string of the molecule is CN1CCC(C(=O)c2cccc(NC(=O)Nc3cccc(F)c3)c2)CC1.COc1ccc(NC(=O)Nc2cccc(C(=O)C3CCN(C)CC3)c2)cc1.Cc1ccccc1NC(=O)Nc1cccc(C(=O)C2CCN(C)CC2)c1. The molecule has 0 unspecified atom stereocenters. The summed E-state index contributed by atoms with van der Waals surface area (Å²) in [4.78, 5) is 81.4. The molecule has 79 heavy (non-hydrogen) atoms. The molecule has 16 nitrogen and oxygen atoms in total. The van der Waals surface area contributed by atoms with Gasteiger partial charge in [0.25, 0.3) is 0 Å². The van der Waals surface area contributed by atoms with Gasteiger partial charge < -0.3 is 51.3 Å². The van der Waals surface area contributed by atoms with E-state index in [1.807, 2.05) is 49.4 Å². The van der Waals surface area contributed by atoms with Crippen LogP contribution in [0, 0.1) is 30.5 Å². The summed E-state index contributed by atoms with van der Waals surface area (Å²) in [7, 11) is 7.81. The van der Waals surface area contributed by atoms with Crippen molar-refractivity contribution in [2.45, 2.75) is 45.4 Å². The molecule has 6 aromatic rings. The number of likely N-dealkylation sites (tertiary alicyclic amines) is 3. The Morgan fingerprint density at radius 1 is 0.418 bits per heavy atom. The number of para-hydroxylation sites is 1. The lowest BCUT2D eigenvalue weighted by Crippen LogP contribution is -2.33. The van der Waals surface area contributed by atoms with Crippen LogP contribution >= 0.6 is 0 Å². The van der Waals surface area contributed by atoms with Gasteiger partial charge in [0.15, 0.2) is 17.3 Å². The van der Waals surface area contributed by atoms with Crippen LogP contribution < -0.4 is 36.6 Å². The average Bonchev–Trinajstić information content (AvgIpc) is 3.46. The number of benzene rings is 6. The van der Waals surface area contributed by atoms with Crippen LogP contribution in [0.5, 0.6) is 5.75 Å². The largest absolute Gasteiger partial charge is 0.497 e. The van der Waals surface area contributed by atoms with Crippen molar-refractivity contribution >= 4 is 69.6 Å². The Balaban J connectivity index is 0.000000172. The maximum absolute atomic E-state index is 13.2. The lowest BCUT2D eigenvalue weighted by Gasteiger charge is -2.28. The van der Waals surface area contributed by atoms with Gasteiger partial charge >= 0.3 is 18.1 Å². The summed E-state index contributed by atoms with van der Waals surface area (Å²) in [6.45, 7) is 7.57. The topological polar surface area (TPSA) is 194 Å². The molecule has 0 saturated carbocycles. The highest BCUT2D eigenvalue weighted by Crippen LogP contribution is 2.26. The van der Waals surface area contributed by atoms with E-state index in [1.165, 1.54) is 18.2 Å². The molecule has 0 spiro atoms. The van der Waals surface area contributed by atoms with Crippen LogP contribution in [0.25, 0.3) is 0 Å². The molecule has 6 aromatic carbocycles. The number of ether oxygens (including phenoxy) is 1. The molecule has 0 radical (unpaired) electrons. The number of nitrogens with one attached hydrogen (secondary N) is 6. The molecule has 3 aliphatic heterocycles. The summed E-state index contributed by atoms with van der Waals surface area (Å²) < 4.78 is 18.3. The number of nitrogens with zero attached hydrogens (tertiary/aromatic N) is 3. The summed E-state index contributed by atoms with van der Waals surface area (Å²) >= 11 is 0. The van der Waals surface area contributed by atoms with E-state index < -0.39 is 11.8 Å². The zero-order chi connectivity index (χ0) is 56.3. The van der Waals surface area contributed by atoms with Crippen molar-refractivity contribution < 1.29 is 37.9 Å². The number of carbonyl (C=O) groups is 6. The molecule has 6 amide bonds. The number of amides is 6. The van der Waals surface area contributed by atoms with Crippen molar-refractivity contribution in [3.8, 4) is 5.75 Å². The zero-order valence-corrected chi connectivity index (χ0v) is 45.7. The number of Topliss-reactive ketones (excluding diaryl/α,β-unsaturated/α-hetero) is 3. The molecule has 3 saturated heterocycles. The summed E-state index contributed by atoms with van der Waals surface area (Å²) in [5.74, 6) is 0.902. The smallest absolute Gasteiger partial charge is 0.323 e. The van der Waals surface area contributed by atoms with Gasteiger partial charge in [0, 0.05) is 68.6 Å². The van der Waals surface area contributed by atoms with E-state index in [9.17, 15) is 33.2 Å². The van der Waals surface area contributed by atoms with Gasteiger partial charge in [-0.2, -0.15) is 0 Å². The van der Waals surface area contributed by atoms with Crippen LogP contribution in [0.1, 0.15) is 75.2 Å². The van der Waals surface area contributed by atoms with E-state index in [4.69, 9.17) is 4.74 Å². The Labute approximate surface area is 462 Å². The van der Waals surface area contributed by atoms with Gasteiger partial charge in [0.2, 0.25) is 0 Å². The van der Waals surface area contributed by atoms with Gasteiger partial charge in [-0.1, -0.05) is 60.7 Å². The first-order valence-corrected chi connectivity index (χ1v) is 26.8. The van der Waals surface area contributed by atoms with Gasteiger partial charge in [-0.05, 0) is 196 Å². The number of carbonyl (C=O) groups excluding carboxylic acids is 6. The third-order valence-electron chi connectivity index (χ3n) is 14.3. The van der Waals surface area contributed by atoms with Crippen molar-refractivity contribution in [3.63, 3.8) is 0 Å². The highest BCUT2D eigenvalue weighted by atomic mass is 19.1. The second kappa shape index (κ2) is 28.9. The number of hydrogen-bond acceptors (Lipinski definition) is 10. The van der Waals surface area contributed by atoms with Crippen LogP contribution in [0.3, 0.4) is 0 Å². The number of rotatable bonds is 13. The van der Waals surface area contributed by atoms with Gasteiger partial charge in [-0.15, -0.1) is 0 Å². The number of piperidine rings is 3. The van der Waals surface area contributed by atoms with E-state index in [0.29, 0.717) is 45.1 Å². The number of aryl methyl sites for hydroxylation is 1. The number of halogens is 1. The summed E-state index contributed by atoms with van der Waals surface area (Å²) in [6.07, 6.45) is 5.25. The molecule has 0 bridgehead atoms. The van der Waals surface area contributed by atoms with Crippen molar-refractivity contribution in [1.29, 1.82) is 0 Å². The molecule has 0 aromatic heterocycles. The van der Waals surface area contributed by atoms with Crippen molar-refractivity contribution in [1.82, 2.24) is 14.7 Å². The Bertz CT molecular complexity index is 3040. The summed E-state index contributed by atoms with van der Waals surface area (Å²) in [6, 6.07) is 40.4. The van der Waals surface area contributed by atoms with Crippen LogP contribution in [0.4, 0.5) is 52.9 Å². The highest BCUT2D eigenvalue weighted by molar-refractivity contribution is 6.05. The van der Waals surface area contributed by atoms with Crippen molar-refractivity contribution in [2.24, 2.45) is 17.8 Å². The van der Waals surface area contributed by atoms with Gasteiger partial charge in [0.1, 0.15) is 11.6 Å². The molecular weight excluding hydrogens is 1000 g/mol. The lowest BCUT2D eigenvalue weighted by molar-refractivity contribution is 0.0850. The number of anilines is 6. The second-order valence-corrected chi connectivity index (χ2v) is 20.4. The highest BCUT2D eigenvalue weighted by Gasteiger charge is 2.27. The fourth-order valence-electron chi connectivity index (χ4n) is 9.60. The van der Waals surface area contributed by atoms with Crippen LogP contribution in [-0.4, -0.2) is 118 Å². The predicted octanol–water partition coefficient (Wildman–Crippen LogP) is 12.0. The second-order valence-electron chi connectivity index (χ2n) is 20.4. The molecule has 3 fully saturated rings. The van der Waals surface area contributed by atoms with Crippen molar-refractivity contribution in [2.75, 3.05) is 99.4 Å². The Morgan fingerprint density at radius 2 is 0.759 bits per heavy atom. The maximum Gasteiger partial charge on any atom is 0.323 e. The molecule has 0 atom stereocenters. The van der Waals surface area contributed by atoms with Crippen LogP contribution in [0.2, 0.25) is 0 Å². The fourth-order valence-corrected chi connectivity index (χ4v) is 9.60. The Morgan fingerprint density at radius 3 is 1.13 bits per heavy atom. The molecule has 9 rings (SSSR count). The first-order chi connectivity index (χ1) is 38.1. The standard InChI is InChI=1S/C21H25N3O3.C21H25N3O2.C20H22FN3O2/c1-24-12-10-15(11-13-24)20(25)16-4-3-5-18(14-16)23-21(26)22-17-6-8-19(27-2)9-7-17;1-15-6-3-4-9-19(15)23-21(26)22-18-8-5-7-17(14-18)20(25)16-10-12-24(2)13-11-16;1-24-10-8-14(9-11-24)19(25)15-4-2-6-17(12-15)22-20(26)23-18-7-3-5-16(21)13-18/h3-9,14-15H,10-13H2,1-2H3,(H2,22,23,26);3-9,14,16H,10-13H2,1-2H3,(H2,22,23,26);2-7,12-14H,8-11H2,1H3,(H2,22,23,26). The van der Waals surface area contributed by atoms with Crippen LogP contribution in [0.15, 0.2) is 146 Å².